The molecule has 0 N–H and O–H groups in total. The maximum absolute atomic E-state index is 13.6. The average Bonchev–Trinajstić information content (AvgIpc) is 3.27. The van der Waals surface area contributed by atoms with Gasteiger partial charge < -0.3 is 8.98 Å². The van der Waals surface area contributed by atoms with Gasteiger partial charge in [-0.15, -0.1) is 0 Å². The topological polar surface area (TPSA) is 100 Å². The second-order valence-corrected chi connectivity index (χ2v) is 7.45. The molecule has 2 heterocycles. The maximum Gasteiger partial charge on any atom is 0.420 e. The number of nitrogens with zero attached hydrogens (tertiary/aromatic N) is 3. The van der Waals surface area contributed by atoms with Gasteiger partial charge in [0, 0.05) is 30.1 Å². The van der Waals surface area contributed by atoms with E-state index in [9.17, 15) is 19.7 Å². The van der Waals surface area contributed by atoms with Crippen LogP contribution in [0.25, 0.3) is 33.3 Å². The minimum absolute atomic E-state index is 0.186. The first-order valence-electron chi connectivity index (χ1n) is 9.89. The van der Waals surface area contributed by atoms with Crippen molar-refractivity contribution in [1.82, 2.24) is 9.13 Å². The van der Waals surface area contributed by atoms with E-state index in [0.717, 1.165) is 26.7 Å². The molecule has 158 valence electrons. The Morgan fingerprint density at radius 3 is 2.47 bits per heavy atom. The van der Waals surface area contributed by atoms with Crippen LogP contribution in [0.3, 0.4) is 0 Å². The number of para-hydroxylation sites is 1. The number of nitro groups is 1. The van der Waals surface area contributed by atoms with Crippen LogP contribution in [-0.4, -0.2) is 19.8 Å². The number of nitro benzene ring substituents is 1. The zero-order chi connectivity index (χ0) is 22.4. The van der Waals surface area contributed by atoms with Crippen LogP contribution < -0.4 is 5.76 Å². The first-order valence-corrected chi connectivity index (χ1v) is 9.89. The Morgan fingerprint density at radius 1 is 1.00 bits per heavy atom. The van der Waals surface area contributed by atoms with Crippen LogP contribution in [0.2, 0.25) is 0 Å². The maximum atomic E-state index is 13.6. The summed E-state index contributed by atoms with van der Waals surface area (Å²) in [6.45, 7) is -0.305. The normalized spacial score (nSPS) is 11.3. The summed E-state index contributed by atoms with van der Waals surface area (Å²) in [5.74, 6) is -1.03. The van der Waals surface area contributed by atoms with Crippen LogP contribution in [-0.2, 0) is 13.6 Å². The second kappa shape index (κ2) is 7.35. The Hall–Kier alpha value is -4.46. The molecule has 3 aromatic carbocycles. The Labute approximate surface area is 181 Å². The molecule has 0 amide bonds. The van der Waals surface area contributed by atoms with Crippen molar-refractivity contribution in [2.45, 2.75) is 6.54 Å². The fourth-order valence-electron chi connectivity index (χ4n) is 4.15. The second-order valence-electron chi connectivity index (χ2n) is 7.45. The molecule has 0 unspecified atom stereocenters. The van der Waals surface area contributed by atoms with Crippen molar-refractivity contribution in [3.8, 4) is 11.3 Å². The Balaban J connectivity index is 1.69. The third-order valence-electron chi connectivity index (χ3n) is 5.60. The largest absolute Gasteiger partial charge is 0.420 e. The summed E-state index contributed by atoms with van der Waals surface area (Å²) in [7, 11) is 1.89. The third-order valence-corrected chi connectivity index (χ3v) is 5.60. The van der Waals surface area contributed by atoms with E-state index in [0.29, 0.717) is 5.56 Å². The van der Waals surface area contributed by atoms with Gasteiger partial charge in [0.15, 0.2) is 11.4 Å². The van der Waals surface area contributed by atoms with Crippen LogP contribution >= 0.6 is 0 Å². The van der Waals surface area contributed by atoms with Crippen LogP contribution in [0.5, 0.6) is 0 Å². The zero-order valence-electron chi connectivity index (χ0n) is 17.0. The Morgan fingerprint density at radius 2 is 1.72 bits per heavy atom. The lowest BCUT2D eigenvalue weighted by atomic mass is 10.0. The molecule has 5 aromatic rings. The van der Waals surface area contributed by atoms with Crippen LogP contribution in [0, 0.1) is 10.1 Å². The van der Waals surface area contributed by atoms with Crippen molar-refractivity contribution in [3.63, 3.8) is 0 Å². The number of aromatic nitrogens is 2. The number of hydrogen-bond acceptors (Lipinski definition) is 5. The molecule has 5 rings (SSSR count). The number of oxazole rings is 1. The van der Waals surface area contributed by atoms with Crippen LogP contribution in [0.1, 0.15) is 10.4 Å². The fourth-order valence-corrected chi connectivity index (χ4v) is 4.15. The smallest absolute Gasteiger partial charge is 0.408 e. The molecule has 2 aromatic heterocycles. The predicted molar refractivity (Wildman–Crippen MR) is 120 cm³/mol. The number of benzene rings is 3. The van der Waals surface area contributed by atoms with Crippen LogP contribution in [0.15, 0.2) is 82.0 Å². The lowest BCUT2D eigenvalue weighted by Gasteiger charge is -2.08. The molecule has 0 aliphatic heterocycles. The number of rotatable bonds is 5. The number of carbonyl (C=O) groups excluding carboxylic acids is 1. The van der Waals surface area contributed by atoms with Gasteiger partial charge in [-0.1, -0.05) is 48.5 Å². The molecule has 0 fully saturated rings. The number of carbonyl (C=O) groups is 1. The molecule has 8 heteroatoms. The highest BCUT2D eigenvalue weighted by Gasteiger charge is 2.24. The molecular formula is C24H17N3O5. The van der Waals surface area contributed by atoms with Gasteiger partial charge >= 0.3 is 5.76 Å². The van der Waals surface area contributed by atoms with Gasteiger partial charge in [0.05, 0.1) is 28.2 Å². The summed E-state index contributed by atoms with van der Waals surface area (Å²) in [5.41, 5.74) is 3.19. The lowest BCUT2D eigenvalue weighted by Crippen LogP contribution is -2.20. The van der Waals surface area contributed by atoms with Crippen molar-refractivity contribution in [2.24, 2.45) is 7.05 Å². The summed E-state index contributed by atoms with van der Waals surface area (Å²) in [4.78, 5) is 36.7. The molecule has 0 radical (unpaired) electrons. The Kier molecular flexibility index (Phi) is 4.48. The minimum Gasteiger partial charge on any atom is -0.408 e. The molecule has 0 aliphatic carbocycles. The van der Waals surface area contributed by atoms with E-state index in [1.807, 2.05) is 66.2 Å². The van der Waals surface area contributed by atoms with E-state index in [2.05, 4.69) is 0 Å². The van der Waals surface area contributed by atoms with Crippen molar-refractivity contribution < 1.29 is 14.1 Å². The molecular weight excluding hydrogens is 410 g/mol. The zero-order valence-corrected chi connectivity index (χ0v) is 17.0. The van der Waals surface area contributed by atoms with E-state index in [1.54, 1.807) is 0 Å². The average molecular weight is 427 g/mol. The molecule has 0 spiro atoms. The standard InChI is InChI=1S/C24H17N3O5/c1-25-18-10-6-5-9-17(18)22(23(25)15-7-3-2-4-8-15)20(28)14-26-19-13-16(27(30)31)11-12-21(19)32-24(26)29/h2-13H,14H2,1H3. The Bertz CT molecular complexity index is 1570. The number of non-ortho nitro benzene ring substituents is 1. The van der Waals surface area contributed by atoms with Gasteiger partial charge in [-0.25, -0.2) is 4.79 Å². The van der Waals surface area contributed by atoms with Gasteiger partial charge in [0.25, 0.3) is 5.69 Å². The number of aryl methyl sites for hydroxylation is 1. The van der Waals surface area contributed by atoms with Crippen molar-refractivity contribution in [2.75, 3.05) is 0 Å². The quantitative estimate of drug-likeness (QED) is 0.233. The molecule has 0 bridgehead atoms. The first-order chi connectivity index (χ1) is 15.5. The highest BCUT2D eigenvalue weighted by molar-refractivity contribution is 6.13. The summed E-state index contributed by atoms with van der Waals surface area (Å²) in [6.07, 6.45) is 0. The van der Waals surface area contributed by atoms with Gasteiger partial charge in [0.2, 0.25) is 0 Å². The molecule has 32 heavy (non-hydrogen) atoms. The van der Waals surface area contributed by atoms with E-state index in [1.165, 1.54) is 18.2 Å². The first kappa shape index (κ1) is 19.5. The van der Waals surface area contributed by atoms with Gasteiger partial charge in [-0.2, -0.15) is 0 Å². The highest BCUT2D eigenvalue weighted by atomic mass is 16.6. The summed E-state index contributed by atoms with van der Waals surface area (Å²) >= 11 is 0. The number of hydrogen-bond donors (Lipinski definition) is 0. The number of fused-ring (bicyclic) bond motifs is 2. The van der Waals surface area contributed by atoms with E-state index in [-0.39, 0.29) is 29.1 Å². The summed E-state index contributed by atoms with van der Waals surface area (Å²) < 4.78 is 8.30. The number of ketones is 1. The summed E-state index contributed by atoms with van der Waals surface area (Å²) in [6, 6.07) is 21.0. The predicted octanol–water partition coefficient (Wildman–Crippen LogP) is 4.54. The van der Waals surface area contributed by atoms with Crippen molar-refractivity contribution >= 4 is 33.5 Å². The van der Waals surface area contributed by atoms with Gasteiger partial charge in [-0.3, -0.25) is 19.5 Å². The van der Waals surface area contributed by atoms with Crippen molar-refractivity contribution in [1.29, 1.82) is 0 Å². The van der Waals surface area contributed by atoms with E-state index < -0.39 is 10.7 Å². The van der Waals surface area contributed by atoms with Gasteiger partial charge in [-0.05, 0) is 17.7 Å². The monoisotopic (exact) mass is 427 g/mol. The van der Waals surface area contributed by atoms with E-state index in [4.69, 9.17) is 4.42 Å². The van der Waals surface area contributed by atoms with Crippen molar-refractivity contribution in [3.05, 3.63) is 99.0 Å². The fraction of sp³-hybridized carbons (Fsp3) is 0.0833. The SMILES string of the molecule is Cn1c(-c2ccccc2)c(C(=O)Cn2c(=O)oc3ccc([N+](=O)[O-])cc32)c2ccccc21. The molecule has 8 nitrogen and oxygen atoms in total. The molecule has 0 saturated heterocycles. The van der Waals surface area contributed by atoms with Gasteiger partial charge in [0.1, 0.15) is 0 Å². The highest BCUT2D eigenvalue weighted by Crippen LogP contribution is 2.34. The summed E-state index contributed by atoms with van der Waals surface area (Å²) in [5, 5.41) is 11.9. The lowest BCUT2D eigenvalue weighted by molar-refractivity contribution is -0.384. The minimum atomic E-state index is -0.740. The molecule has 0 atom stereocenters. The van der Waals surface area contributed by atoms with E-state index >= 15 is 0 Å². The molecule has 0 saturated carbocycles. The third kappa shape index (κ3) is 3.01. The van der Waals surface area contributed by atoms with Crippen LogP contribution in [0.4, 0.5) is 5.69 Å². The number of Topliss-reactive ketones (excluding diaryl/α,β-unsaturated/α-hetero) is 1. The molecule has 0 aliphatic rings.